The van der Waals surface area contributed by atoms with Gasteiger partial charge in [-0.15, -0.1) is 0 Å². The summed E-state index contributed by atoms with van der Waals surface area (Å²) in [5, 5.41) is 2.80. The van der Waals surface area contributed by atoms with Crippen molar-refractivity contribution in [3.05, 3.63) is 53.9 Å². The van der Waals surface area contributed by atoms with Crippen LogP contribution in [0.25, 0.3) is 6.08 Å². The van der Waals surface area contributed by atoms with Gasteiger partial charge in [-0.3, -0.25) is 9.59 Å². The highest BCUT2D eigenvalue weighted by Gasteiger charge is 2.31. The second kappa shape index (κ2) is 9.30. The molecule has 1 fully saturated rings. The van der Waals surface area contributed by atoms with Gasteiger partial charge in [0, 0.05) is 24.7 Å². The number of nitrogens with one attached hydrogen (secondary N) is 1. The van der Waals surface area contributed by atoms with Crippen LogP contribution >= 0.6 is 0 Å². The lowest BCUT2D eigenvalue weighted by Crippen LogP contribution is -2.36. The van der Waals surface area contributed by atoms with E-state index in [2.05, 4.69) is 5.32 Å². The number of methoxy groups -OCH3 is 3. The molecule has 0 saturated carbocycles. The zero-order valence-corrected chi connectivity index (χ0v) is 17.0. The fourth-order valence-electron chi connectivity index (χ4n) is 3.32. The van der Waals surface area contributed by atoms with E-state index in [0.717, 1.165) is 0 Å². The first kappa shape index (κ1) is 21.2. The molecule has 0 bridgehead atoms. The Bertz CT molecular complexity index is 951. The maximum Gasteiger partial charge on any atom is 0.244 e. The van der Waals surface area contributed by atoms with Gasteiger partial charge in [0.2, 0.25) is 17.6 Å². The van der Waals surface area contributed by atoms with E-state index in [1.165, 1.54) is 44.4 Å². The third kappa shape index (κ3) is 4.71. The first-order valence-electron chi connectivity index (χ1n) is 9.29. The van der Waals surface area contributed by atoms with Crippen LogP contribution in [0.4, 0.5) is 10.1 Å². The number of hydrogen-bond acceptors (Lipinski definition) is 5. The van der Waals surface area contributed by atoms with Crippen LogP contribution in [0.15, 0.2) is 42.5 Å². The average Bonchev–Trinajstić information content (AvgIpc) is 3.11. The first-order chi connectivity index (χ1) is 14.4. The third-order valence-corrected chi connectivity index (χ3v) is 4.71. The first-order valence-corrected chi connectivity index (χ1v) is 9.29. The van der Waals surface area contributed by atoms with Gasteiger partial charge in [0.15, 0.2) is 11.5 Å². The summed E-state index contributed by atoms with van der Waals surface area (Å²) in [6, 6.07) is 8.90. The van der Waals surface area contributed by atoms with E-state index in [9.17, 15) is 14.0 Å². The van der Waals surface area contributed by atoms with E-state index in [4.69, 9.17) is 14.2 Å². The number of carbonyl (C=O) groups excluding carboxylic acids is 2. The molecule has 2 aromatic rings. The second-order valence-corrected chi connectivity index (χ2v) is 6.69. The van der Waals surface area contributed by atoms with Crippen molar-refractivity contribution >= 4 is 23.6 Å². The number of rotatable bonds is 7. The number of halogens is 1. The highest BCUT2D eigenvalue weighted by Crippen LogP contribution is 2.38. The third-order valence-electron chi connectivity index (χ3n) is 4.71. The molecule has 2 aromatic carbocycles. The summed E-state index contributed by atoms with van der Waals surface area (Å²) in [4.78, 5) is 26.1. The summed E-state index contributed by atoms with van der Waals surface area (Å²) < 4.78 is 29.3. The van der Waals surface area contributed by atoms with E-state index in [1.54, 1.807) is 30.3 Å². The molecule has 1 aliphatic rings. The highest BCUT2D eigenvalue weighted by atomic mass is 19.1. The van der Waals surface area contributed by atoms with Crippen molar-refractivity contribution in [3.8, 4) is 17.2 Å². The molecule has 0 aliphatic carbocycles. The summed E-state index contributed by atoms with van der Waals surface area (Å²) in [5.74, 6) is 0.486. The van der Waals surface area contributed by atoms with E-state index in [1.807, 2.05) is 0 Å². The Kier molecular flexibility index (Phi) is 6.56. The number of anilines is 1. The summed E-state index contributed by atoms with van der Waals surface area (Å²) in [7, 11) is 4.54. The lowest BCUT2D eigenvalue weighted by molar-refractivity contribution is -0.117. The summed E-state index contributed by atoms with van der Waals surface area (Å²) in [6.45, 7) is 0.284. The Morgan fingerprint density at radius 3 is 2.43 bits per heavy atom. The molecule has 30 heavy (non-hydrogen) atoms. The normalized spacial score (nSPS) is 16.1. The fraction of sp³-hybridized carbons (Fsp3) is 0.273. The van der Waals surface area contributed by atoms with Crippen LogP contribution < -0.4 is 24.4 Å². The van der Waals surface area contributed by atoms with Crippen LogP contribution in [0, 0.1) is 5.82 Å². The zero-order valence-electron chi connectivity index (χ0n) is 17.0. The lowest BCUT2D eigenvalue weighted by atomic mass is 10.1. The number of ether oxygens (including phenoxy) is 3. The van der Waals surface area contributed by atoms with E-state index in [0.29, 0.717) is 28.5 Å². The van der Waals surface area contributed by atoms with Gasteiger partial charge in [-0.25, -0.2) is 4.39 Å². The van der Waals surface area contributed by atoms with Crippen molar-refractivity contribution in [2.45, 2.75) is 12.5 Å². The predicted octanol–water partition coefficient (Wildman–Crippen LogP) is 2.79. The van der Waals surface area contributed by atoms with Crippen LogP contribution in [-0.4, -0.2) is 45.7 Å². The van der Waals surface area contributed by atoms with Crippen molar-refractivity contribution in [1.29, 1.82) is 0 Å². The molecule has 8 heteroatoms. The topological polar surface area (TPSA) is 77.1 Å². The Hall–Kier alpha value is -3.55. The molecule has 158 valence electrons. The van der Waals surface area contributed by atoms with Gasteiger partial charge in [-0.1, -0.05) is 6.07 Å². The molecule has 2 amide bonds. The number of carbonyl (C=O) groups is 2. The number of benzene rings is 2. The summed E-state index contributed by atoms with van der Waals surface area (Å²) in [6.07, 6.45) is 3.14. The average molecular weight is 414 g/mol. The molecule has 1 aliphatic heterocycles. The van der Waals surface area contributed by atoms with Crippen LogP contribution in [0.2, 0.25) is 0 Å². The molecule has 0 aromatic heterocycles. The standard InChI is InChI=1S/C22H23FN2O5/c1-28-18-9-14(10-19(29-2)22(18)30-3)7-8-20(26)24-16-12-21(27)25(13-16)17-6-4-5-15(23)11-17/h4-11,16H,12-13H2,1-3H3,(H,24,26). The van der Waals surface area contributed by atoms with Crippen LogP contribution in [0.1, 0.15) is 12.0 Å². The van der Waals surface area contributed by atoms with Gasteiger partial charge in [0.1, 0.15) is 5.82 Å². The van der Waals surface area contributed by atoms with Gasteiger partial charge < -0.3 is 24.4 Å². The Balaban J connectivity index is 1.66. The molecule has 1 heterocycles. The van der Waals surface area contributed by atoms with Crippen molar-refractivity contribution in [3.63, 3.8) is 0 Å². The predicted molar refractivity (Wildman–Crippen MR) is 110 cm³/mol. The largest absolute Gasteiger partial charge is 0.493 e. The minimum absolute atomic E-state index is 0.153. The van der Waals surface area contributed by atoms with Crippen LogP contribution in [-0.2, 0) is 9.59 Å². The fourth-order valence-corrected chi connectivity index (χ4v) is 3.32. The monoisotopic (exact) mass is 414 g/mol. The van der Waals surface area contributed by atoms with E-state index >= 15 is 0 Å². The van der Waals surface area contributed by atoms with Crippen molar-refractivity contribution in [1.82, 2.24) is 5.32 Å². The summed E-state index contributed by atoms with van der Waals surface area (Å²) >= 11 is 0. The van der Waals surface area contributed by atoms with E-state index in [-0.39, 0.29) is 30.8 Å². The van der Waals surface area contributed by atoms with E-state index < -0.39 is 5.82 Å². The van der Waals surface area contributed by atoms with Gasteiger partial charge in [-0.05, 0) is 42.0 Å². The van der Waals surface area contributed by atoms with Crippen molar-refractivity contribution < 1.29 is 28.2 Å². The molecule has 7 nitrogen and oxygen atoms in total. The quantitative estimate of drug-likeness (QED) is 0.705. The van der Waals surface area contributed by atoms with Crippen LogP contribution in [0.5, 0.6) is 17.2 Å². The Morgan fingerprint density at radius 1 is 1.13 bits per heavy atom. The van der Waals surface area contributed by atoms with Crippen molar-refractivity contribution in [2.75, 3.05) is 32.8 Å². The maximum absolute atomic E-state index is 13.4. The Morgan fingerprint density at radius 2 is 1.83 bits per heavy atom. The maximum atomic E-state index is 13.4. The second-order valence-electron chi connectivity index (χ2n) is 6.69. The molecule has 1 saturated heterocycles. The van der Waals surface area contributed by atoms with Crippen LogP contribution in [0.3, 0.4) is 0 Å². The zero-order chi connectivity index (χ0) is 21.7. The molecular formula is C22H23FN2O5. The molecule has 0 spiro atoms. The smallest absolute Gasteiger partial charge is 0.244 e. The molecular weight excluding hydrogens is 391 g/mol. The SMILES string of the molecule is COc1cc(C=CC(=O)NC2CC(=O)N(c3cccc(F)c3)C2)cc(OC)c1OC. The van der Waals surface area contributed by atoms with Crippen molar-refractivity contribution in [2.24, 2.45) is 0 Å². The van der Waals surface area contributed by atoms with Gasteiger partial charge in [0.25, 0.3) is 0 Å². The number of nitrogens with zero attached hydrogens (tertiary/aromatic N) is 1. The minimum atomic E-state index is -0.416. The molecule has 0 radical (unpaired) electrons. The number of amides is 2. The summed E-state index contributed by atoms with van der Waals surface area (Å²) in [5.41, 5.74) is 1.16. The van der Waals surface area contributed by atoms with Gasteiger partial charge in [0.05, 0.1) is 27.4 Å². The highest BCUT2D eigenvalue weighted by molar-refractivity contribution is 5.98. The molecule has 1 atom stereocenters. The molecule has 1 N–H and O–H groups in total. The minimum Gasteiger partial charge on any atom is -0.493 e. The molecule has 1 unspecified atom stereocenters. The van der Waals surface area contributed by atoms with Gasteiger partial charge >= 0.3 is 0 Å². The van der Waals surface area contributed by atoms with Gasteiger partial charge in [-0.2, -0.15) is 0 Å². The Labute approximate surface area is 174 Å². The number of hydrogen-bond donors (Lipinski definition) is 1. The lowest BCUT2D eigenvalue weighted by Gasteiger charge is -2.17. The molecule has 3 rings (SSSR count).